The summed E-state index contributed by atoms with van der Waals surface area (Å²) >= 11 is 1.45. The Kier molecular flexibility index (Phi) is 5.44. The number of nitrogens with zero attached hydrogens (tertiary/aromatic N) is 4. The predicted octanol–water partition coefficient (Wildman–Crippen LogP) is 3.07. The van der Waals surface area contributed by atoms with E-state index in [4.69, 9.17) is 8.83 Å². The summed E-state index contributed by atoms with van der Waals surface area (Å²) in [7, 11) is 0. The predicted molar refractivity (Wildman–Crippen MR) is 115 cm³/mol. The van der Waals surface area contributed by atoms with Gasteiger partial charge in [0, 0.05) is 32.6 Å². The lowest BCUT2D eigenvalue weighted by molar-refractivity contribution is -0.134. The second kappa shape index (κ2) is 8.52. The van der Waals surface area contributed by atoms with Gasteiger partial charge in [-0.2, -0.15) is 5.10 Å². The molecule has 5 heterocycles. The third kappa shape index (κ3) is 4.06. The number of amides is 2. The van der Waals surface area contributed by atoms with Crippen molar-refractivity contribution in [3.63, 3.8) is 0 Å². The van der Waals surface area contributed by atoms with Crippen molar-refractivity contribution in [2.24, 2.45) is 5.10 Å². The molecule has 0 unspecified atom stereocenters. The third-order valence-electron chi connectivity index (χ3n) is 5.59. The average molecular weight is 439 g/mol. The molecule has 0 saturated carbocycles. The molecule has 3 aromatic rings. The van der Waals surface area contributed by atoms with Crippen LogP contribution in [0.4, 0.5) is 0 Å². The molecule has 1 saturated heterocycles. The first-order valence-corrected chi connectivity index (χ1v) is 11.1. The first kappa shape index (κ1) is 19.8. The number of carbonyl (C=O) groups excluding carboxylic acids is 2. The molecule has 9 heteroatoms. The molecular weight excluding hydrogens is 416 g/mol. The van der Waals surface area contributed by atoms with Crippen LogP contribution in [-0.4, -0.2) is 65.1 Å². The maximum absolute atomic E-state index is 13.2. The summed E-state index contributed by atoms with van der Waals surface area (Å²) in [5.74, 6) is 1.32. The SMILES string of the molecule is O=C(c1cccs1)N1CCN(CC(=O)N2N=C(c3ccco3)C[C@@H]2c2ccco2)CC1. The minimum atomic E-state index is -0.288. The van der Waals surface area contributed by atoms with Crippen molar-refractivity contribution in [2.45, 2.75) is 12.5 Å². The van der Waals surface area contributed by atoms with Crippen LogP contribution >= 0.6 is 11.3 Å². The Labute approximate surface area is 183 Å². The summed E-state index contributed by atoms with van der Waals surface area (Å²) in [5, 5.41) is 7.99. The standard InChI is InChI=1S/C22H22N4O4S/c27-21(15-24-7-9-25(10-8-24)22(28)20-6-3-13-31-20)26-17(19-5-2-12-30-19)14-16(23-26)18-4-1-11-29-18/h1-6,11-13,17H,7-10,14-15H2/t17-/m1/s1. The lowest BCUT2D eigenvalue weighted by Gasteiger charge is -2.34. The first-order valence-electron chi connectivity index (χ1n) is 10.2. The third-order valence-corrected chi connectivity index (χ3v) is 6.45. The Morgan fingerprint density at radius 3 is 2.52 bits per heavy atom. The summed E-state index contributed by atoms with van der Waals surface area (Å²) in [6, 6.07) is 10.8. The normalized spacial score (nSPS) is 19.6. The van der Waals surface area contributed by atoms with E-state index in [1.807, 2.05) is 40.6 Å². The summed E-state index contributed by atoms with van der Waals surface area (Å²) < 4.78 is 11.1. The Hall–Kier alpha value is -3.17. The summed E-state index contributed by atoms with van der Waals surface area (Å²) in [4.78, 5) is 30.4. The molecule has 1 fully saturated rings. The van der Waals surface area contributed by atoms with E-state index in [2.05, 4.69) is 10.0 Å². The van der Waals surface area contributed by atoms with Gasteiger partial charge in [-0.25, -0.2) is 5.01 Å². The van der Waals surface area contributed by atoms with Crippen LogP contribution in [0.15, 0.2) is 68.2 Å². The van der Waals surface area contributed by atoms with Crippen molar-refractivity contribution < 1.29 is 18.4 Å². The lowest BCUT2D eigenvalue weighted by atomic mass is 10.1. The van der Waals surface area contributed by atoms with Gasteiger partial charge in [0.25, 0.3) is 11.8 Å². The molecule has 0 radical (unpaired) electrons. The van der Waals surface area contributed by atoms with Gasteiger partial charge in [0.15, 0.2) is 0 Å². The van der Waals surface area contributed by atoms with Crippen molar-refractivity contribution in [3.8, 4) is 0 Å². The zero-order chi connectivity index (χ0) is 21.2. The molecule has 0 spiro atoms. The molecule has 0 aromatic carbocycles. The first-order chi connectivity index (χ1) is 15.2. The Morgan fingerprint density at radius 2 is 1.84 bits per heavy atom. The van der Waals surface area contributed by atoms with Gasteiger partial charge in [0.1, 0.15) is 23.3 Å². The van der Waals surface area contributed by atoms with Crippen molar-refractivity contribution in [2.75, 3.05) is 32.7 Å². The van der Waals surface area contributed by atoms with Crippen LogP contribution in [0, 0.1) is 0 Å². The van der Waals surface area contributed by atoms with E-state index in [-0.39, 0.29) is 24.4 Å². The summed E-state index contributed by atoms with van der Waals surface area (Å²) in [6.07, 6.45) is 3.74. The van der Waals surface area contributed by atoms with Gasteiger partial charge in [-0.3, -0.25) is 14.5 Å². The van der Waals surface area contributed by atoms with Gasteiger partial charge >= 0.3 is 0 Å². The van der Waals surface area contributed by atoms with Gasteiger partial charge in [-0.1, -0.05) is 6.07 Å². The zero-order valence-electron chi connectivity index (χ0n) is 16.8. The van der Waals surface area contributed by atoms with E-state index in [1.165, 1.54) is 16.3 Å². The lowest BCUT2D eigenvalue weighted by Crippen LogP contribution is -2.51. The van der Waals surface area contributed by atoms with Crippen molar-refractivity contribution >= 4 is 28.9 Å². The second-order valence-electron chi connectivity index (χ2n) is 7.54. The fourth-order valence-electron chi connectivity index (χ4n) is 3.96. The number of hydrogen-bond acceptors (Lipinski definition) is 7. The molecule has 0 aliphatic carbocycles. The van der Waals surface area contributed by atoms with Crippen LogP contribution in [0.1, 0.15) is 33.7 Å². The number of thiophene rings is 1. The van der Waals surface area contributed by atoms with Gasteiger partial charge in [-0.15, -0.1) is 11.3 Å². The number of furan rings is 2. The number of piperazine rings is 1. The van der Waals surface area contributed by atoms with E-state index in [9.17, 15) is 9.59 Å². The summed E-state index contributed by atoms with van der Waals surface area (Å²) in [6.45, 7) is 2.75. The maximum atomic E-state index is 13.2. The minimum Gasteiger partial charge on any atom is -0.467 e. The Morgan fingerprint density at radius 1 is 1.03 bits per heavy atom. The van der Waals surface area contributed by atoms with Crippen LogP contribution < -0.4 is 0 Å². The molecule has 2 aliphatic heterocycles. The fourth-order valence-corrected chi connectivity index (χ4v) is 4.65. The topological polar surface area (TPSA) is 82.5 Å². The van der Waals surface area contributed by atoms with Gasteiger partial charge < -0.3 is 13.7 Å². The van der Waals surface area contributed by atoms with Crippen LogP contribution in [0.2, 0.25) is 0 Å². The van der Waals surface area contributed by atoms with Gasteiger partial charge in [-0.05, 0) is 35.7 Å². The highest BCUT2D eigenvalue weighted by Gasteiger charge is 2.36. The fraction of sp³-hybridized carbons (Fsp3) is 0.318. The van der Waals surface area contributed by atoms with Crippen LogP contribution in [0.5, 0.6) is 0 Å². The minimum absolute atomic E-state index is 0.0612. The molecule has 5 rings (SSSR count). The van der Waals surface area contributed by atoms with E-state index >= 15 is 0 Å². The van der Waals surface area contributed by atoms with Crippen molar-refractivity contribution in [3.05, 3.63) is 70.7 Å². The highest BCUT2D eigenvalue weighted by molar-refractivity contribution is 7.12. The molecule has 31 heavy (non-hydrogen) atoms. The highest BCUT2D eigenvalue weighted by atomic mass is 32.1. The van der Waals surface area contributed by atoms with E-state index in [0.717, 1.165) is 10.6 Å². The molecule has 0 N–H and O–H groups in total. The molecule has 3 aromatic heterocycles. The smallest absolute Gasteiger partial charge is 0.264 e. The van der Waals surface area contributed by atoms with E-state index in [0.29, 0.717) is 44.1 Å². The molecule has 160 valence electrons. The molecule has 2 amide bonds. The van der Waals surface area contributed by atoms with Crippen LogP contribution in [0.3, 0.4) is 0 Å². The molecule has 8 nitrogen and oxygen atoms in total. The van der Waals surface area contributed by atoms with Gasteiger partial charge in [0.05, 0.1) is 23.9 Å². The van der Waals surface area contributed by atoms with E-state index < -0.39 is 0 Å². The second-order valence-corrected chi connectivity index (χ2v) is 8.49. The van der Waals surface area contributed by atoms with E-state index in [1.54, 1.807) is 18.6 Å². The number of hydrazone groups is 1. The highest BCUT2D eigenvalue weighted by Crippen LogP contribution is 2.33. The summed E-state index contributed by atoms with van der Waals surface area (Å²) in [5.41, 5.74) is 0.728. The van der Waals surface area contributed by atoms with Crippen LogP contribution in [0.25, 0.3) is 0 Å². The largest absolute Gasteiger partial charge is 0.467 e. The zero-order valence-corrected chi connectivity index (χ0v) is 17.7. The molecule has 1 atom stereocenters. The molecule has 2 aliphatic rings. The quantitative estimate of drug-likeness (QED) is 0.611. The number of rotatable bonds is 5. The Balaban J connectivity index is 1.24. The number of carbonyl (C=O) groups is 2. The Bertz CT molecular complexity index is 1050. The average Bonchev–Trinajstić information content (AvgIpc) is 3.58. The maximum Gasteiger partial charge on any atom is 0.264 e. The van der Waals surface area contributed by atoms with Crippen molar-refractivity contribution in [1.29, 1.82) is 0 Å². The van der Waals surface area contributed by atoms with Crippen LogP contribution in [-0.2, 0) is 4.79 Å². The number of hydrogen-bond donors (Lipinski definition) is 0. The molecule has 0 bridgehead atoms. The van der Waals surface area contributed by atoms with Gasteiger partial charge in [0.2, 0.25) is 0 Å². The monoisotopic (exact) mass is 438 g/mol. The van der Waals surface area contributed by atoms with Crippen molar-refractivity contribution in [1.82, 2.24) is 14.8 Å². The molecular formula is C22H22N4O4S.